The maximum Gasteiger partial charge on any atom is 0.268 e. The fourth-order valence-electron chi connectivity index (χ4n) is 5.15. The highest BCUT2D eigenvalue weighted by Crippen LogP contribution is 2.41. The number of aryl methyl sites for hydroxylation is 1. The SMILES string of the molecule is COc1cc(C)c(-n2c(C3CC3)ccc(C(=O)Nc3ccc(Oc4ncnc5cc6c(cc45)OCCO6)c(F)c3)c2=O)cn1. The van der Waals surface area contributed by atoms with E-state index in [1.165, 1.54) is 36.2 Å². The number of carbonyl (C=O) groups is 1. The molecule has 3 aromatic heterocycles. The third kappa shape index (κ3) is 5.04. The second-order valence-corrected chi connectivity index (χ2v) is 10.5. The normalized spacial score (nSPS) is 13.9. The number of nitrogens with one attached hydrogen (secondary N) is 1. The molecule has 12 heteroatoms. The van der Waals surface area contributed by atoms with Gasteiger partial charge in [0.15, 0.2) is 23.1 Å². The van der Waals surface area contributed by atoms with Gasteiger partial charge in [-0.05, 0) is 61.6 Å². The van der Waals surface area contributed by atoms with Crippen molar-refractivity contribution in [3.05, 3.63) is 94.0 Å². The van der Waals surface area contributed by atoms with Crippen LogP contribution in [0.2, 0.25) is 0 Å². The summed E-state index contributed by atoms with van der Waals surface area (Å²) in [5.74, 6) is 0.320. The monoisotopic (exact) mass is 595 g/mol. The lowest BCUT2D eigenvalue weighted by Gasteiger charge is -2.19. The Kier molecular flexibility index (Phi) is 6.80. The molecule has 1 N–H and O–H groups in total. The van der Waals surface area contributed by atoms with Gasteiger partial charge in [0.25, 0.3) is 11.5 Å². The number of amides is 1. The highest BCUT2D eigenvalue weighted by atomic mass is 19.1. The average Bonchev–Trinajstić information content (AvgIpc) is 3.87. The van der Waals surface area contributed by atoms with Crippen LogP contribution in [0.3, 0.4) is 0 Å². The number of methoxy groups -OCH3 is 1. The van der Waals surface area contributed by atoms with E-state index in [0.717, 1.165) is 30.2 Å². The van der Waals surface area contributed by atoms with Crippen molar-refractivity contribution in [2.75, 3.05) is 25.6 Å². The van der Waals surface area contributed by atoms with Crippen LogP contribution in [0.25, 0.3) is 16.6 Å². The van der Waals surface area contributed by atoms with Crippen LogP contribution in [-0.2, 0) is 0 Å². The molecule has 1 saturated carbocycles. The van der Waals surface area contributed by atoms with Gasteiger partial charge in [-0.2, -0.15) is 0 Å². The molecule has 7 rings (SSSR count). The van der Waals surface area contributed by atoms with Gasteiger partial charge in [0.05, 0.1) is 29.9 Å². The first-order chi connectivity index (χ1) is 21.4. The van der Waals surface area contributed by atoms with Crippen LogP contribution in [0.4, 0.5) is 10.1 Å². The summed E-state index contributed by atoms with van der Waals surface area (Å²) in [4.78, 5) is 39.7. The van der Waals surface area contributed by atoms with Crippen molar-refractivity contribution in [3.8, 4) is 34.7 Å². The molecule has 0 unspecified atom stereocenters. The molecule has 4 heterocycles. The predicted octanol–water partition coefficient (Wildman–Crippen LogP) is 5.33. The van der Waals surface area contributed by atoms with Crippen molar-refractivity contribution in [2.24, 2.45) is 0 Å². The first-order valence-electron chi connectivity index (χ1n) is 14.0. The molecule has 2 aliphatic rings. The summed E-state index contributed by atoms with van der Waals surface area (Å²) in [5, 5.41) is 3.15. The highest BCUT2D eigenvalue weighted by molar-refractivity contribution is 6.04. The Labute approximate surface area is 250 Å². The van der Waals surface area contributed by atoms with Crippen LogP contribution in [0, 0.1) is 12.7 Å². The van der Waals surface area contributed by atoms with E-state index in [-0.39, 0.29) is 28.8 Å². The van der Waals surface area contributed by atoms with E-state index in [1.54, 1.807) is 30.5 Å². The second-order valence-electron chi connectivity index (χ2n) is 10.5. The third-order valence-corrected chi connectivity index (χ3v) is 7.52. The summed E-state index contributed by atoms with van der Waals surface area (Å²) in [7, 11) is 1.52. The van der Waals surface area contributed by atoms with Crippen molar-refractivity contribution >= 4 is 22.5 Å². The molecule has 0 radical (unpaired) electrons. The van der Waals surface area contributed by atoms with E-state index in [2.05, 4.69) is 20.3 Å². The first kappa shape index (κ1) is 27.3. The molecule has 0 atom stereocenters. The fourth-order valence-corrected chi connectivity index (χ4v) is 5.15. The van der Waals surface area contributed by atoms with E-state index in [4.69, 9.17) is 18.9 Å². The van der Waals surface area contributed by atoms with E-state index < -0.39 is 17.3 Å². The second kappa shape index (κ2) is 11.0. The van der Waals surface area contributed by atoms with Gasteiger partial charge in [-0.1, -0.05) is 0 Å². The van der Waals surface area contributed by atoms with Crippen LogP contribution < -0.4 is 29.8 Å². The summed E-state index contributed by atoms with van der Waals surface area (Å²) >= 11 is 0. The number of ether oxygens (including phenoxy) is 4. The van der Waals surface area contributed by atoms with Gasteiger partial charge in [0.2, 0.25) is 11.8 Å². The maximum absolute atomic E-state index is 15.2. The molecule has 11 nitrogen and oxygen atoms in total. The Balaban J connectivity index is 1.15. The minimum Gasteiger partial charge on any atom is -0.486 e. The van der Waals surface area contributed by atoms with Crippen molar-refractivity contribution in [3.63, 3.8) is 0 Å². The Hall–Kier alpha value is -5.52. The number of nitrogens with zero attached hydrogens (tertiary/aromatic N) is 4. The lowest BCUT2D eigenvalue weighted by atomic mass is 10.1. The molecule has 1 amide bonds. The molecule has 0 saturated heterocycles. The van der Waals surface area contributed by atoms with E-state index in [0.29, 0.717) is 47.2 Å². The quantitative estimate of drug-likeness (QED) is 0.266. The van der Waals surface area contributed by atoms with Crippen molar-refractivity contribution in [1.82, 2.24) is 19.5 Å². The van der Waals surface area contributed by atoms with Gasteiger partial charge in [-0.3, -0.25) is 14.2 Å². The number of hydrogen-bond acceptors (Lipinski definition) is 9. The zero-order valence-electron chi connectivity index (χ0n) is 23.8. The lowest BCUT2D eigenvalue weighted by Crippen LogP contribution is -2.30. The molecule has 1 fully saturated rings. The van der Waals surface area contributed by atoms with E-state index in [9.17, 15) is 9.59 Å². The standard InChI is InChI=1S/C32H26FN5O6/c1-17-11-29(41-2)34-15-25(17)38-24(18-3-4-18)7-6-20(32(38)40)30(39)37-19-5-8-26(22(33)12-19)44-31-21-13-27-28(43-10-9-42-27)14-23(21)35-16-36-31/h5-8,11-16,18H,3-4,9-10H2,1-2H3,(H,37,39). The number of aromatic nitrogens is 4. The molecular formula is C32H26FN5O6. The van der Waals surface area contributed by atoms with Gasteiger partial charge < -0.3 is 24.3 Å². The lowest BCUT2D eigenvalue weighted by molar-refractivity contribution is 0.102. The van der Waals surface area contributed by atoms with Crippen LogP contribution in [0.5, 0.6) is 29.0 Å². The molecular weight excluding hydrogens is 569 g/mol. The zero-order chi connectivity index (χ0) is 30.4. The molecule has 222 valence electrons. The molecule has 0 spiro atoms. The number of pyridine rings is 2. The molecule has 2 aromatic carbocycles. The Bertz CT molecular complexity index is 2010. The molecule has 44 heavy (non-hydrogen) atoms. The number of rotatable bonds is 7. The van der Waals surface area contributed by atoms with Crippen molar-refractivity contribution in [2.45, 2.75) is 25.7 Å². The number of anilines is 1. The number of fused-ring (bicyclic) bond motifs is 2. The maximum atomic E-state index is 15.2. The van der Waals surface area contributed by atoms with Gasteiger partial charge in [-0.15, -0.1) is 0 Å². The van der Waals surface area contributed by atoms with Crippen LogP contribution in [-0.4, -0.2) is 45.7 Å². The Morgan fingerprint density at radius 2 is 1.82 bits per heavy atom. The first-order valence-corrected chi connectivity index (χ1v) is 14.0. The van der Waals surface area contributed by atoms with Crippen LogP contribution in [0.1, 0.15) is 40.4 Å². The molecule has 0 bridgehead atoms. The Morgan fingerprint density at radius 1 is 1.02 bits per heavy atom. The van der Waals surface area contributed by atoms with Gasteiger partial charge in [0, 0.05) is 29.6 Å². The predicted molar refractivity (Wildman–Crippen MR) is 158 cm³/mol. The van der Waals surface area contributed by atoms with Gasteiger partial charge >= 0.3 is 0 Å². The fraction of sp³-hybridized carbons (Fsp3) is 0.219. The molecule has 1 aliphatic carbocycles. The molecule has 1 aliphatic heterocycles. The minimum absolute atomic E-state index is 0.0904. The largest absolute Gasteiger partial charge is 0.486 e. The summed E-state index contributed by atoms with van der Waals surface area (Å²) in [5.41, 5.74) is 2.26. The minimum atomic E-state index is -0.742. The van der Waals surface area contributed by atoms with Crippen molar-refractivity contribution < 1.29 is 28.1 Å². The third-order valence-electron chi connectivity index (χ3n) is 7.52. The van der Waals surface area contributed by atoms with Gasteiger partial charge in [-0.25, -0.2) is 19.3 Å². The Morgan fingerprint density at radius 3 is 2.55 bits per heavy atom. The van der Waals surface area contributed by atoms with Crippen LogP contribution in [0.15, 0.2) is 65.8 Å². The van der Waals surface area contributed by atoms with Crippen LogP contribution >= 0.6 is 0 Å². The number of carbonyl (C=O) groups excluding carboxylic acids is 1. The highest BCUT2D eigenvalue weighted by Gasteiger charge is 2.29. The number of halogens is 1. The zero-order valence-corrected chi connectivity index (χ0v) is 23.8. The topological polar surface area (TPSA) is 127 Å². The van der Waals surface area contributed by atoms with Crippen molar-refractivity contribution in [1.29, 1.82) is 0 Å². The van der Waals surface area contributed by atoms with E-state index >= 15 is 4.39 Å². The molecule has 5 aromatic rings. The summed E-state index contributed by atoms with van der Waals surface area (Å²) in [6.07, 6.45) is 4.78. The average molecular weight is 596 g/mol. The van der Waals surface area contributed by atoms with E-state index in [1.807, 2.05) is 6.92 Å². The summed E-state index contributed by atoms with van der Waals surface area (Å²) in [6.45, 7) is 2.69. The summed E-state index contributed by atoms with van der Waals surface area (Å²) < 4.78 is 39.0. The number of hydrogen-bond donors (Lipinski definition) is 1. The van der Waals surface area contributed by atoms with Gasteiger partial charge in [0.1, 0.15) is 25.1 Å². The smallest absolute Gasteiger partial charge is 0.268 e. The number of benzene rings is 2. The summed E-state index contributed by atoms with van der Waals surface area (Å²) in [6, 6.07) is 12.4.